The summed E-state index contributed by atoms with van der Waals surface area (Å²) in [6.45, 7) is 6.42. The molecule has 1 rings (SSSR count). The van der Waals surface area contributed by atoms with Gasteiger partial charge in [-0.15, -0.1) is 0 Å². The monoisotopic (exact) mass is 416 g/mol. The number of sulfonamides is 1. The van der Waals surface area contributed by atoms with Gasteiger partial charge in [0.25, 0.3) is 0 Å². The molecule has 0 bridgehead atoms. The Kier molecular flexibility index (Phi) is 9.82. The van der Waals surface area contributed by atoms with Crippen molar-refractivity contribution >= 4 is 16.0 Å². The fourth-order valence-electron chi connectivity index (χ4n) is 2.62. The largest absolute Gasteiger partial charge is 0.511 e. The molecule has 0 aromatic heterocycles. The zero-order chi connectivity index (χ0) is 20.5. The summed E-state index contributed by atoms with van der Waals surface area (Å²) in [5.74, 6) is 1.28. The van der Waals surface area contributed by atoms with Crippen LogP contribution >= 0.6 is 0 Å². The molecule has 160 valence electrons. The molecule has 1 saturated heterocycles. The van der Waals surface area contributed by atoms with Gasteiger partial charge in [0, 0.05) is 39.8 Å². The molecule has 1 fully saturated rings. The Balaban J connectivity index is 2.26. The molecule has 0 atom stereocenters. The first-order chi connectivity index (χ1) is 12.6. The number of hydrogen-bond donors (Lipinski definition) is 2. The maximum atomic E-state index is 12.6. The minimum absolute atomic E-state index is 0.0884. The molecule has 1 aliphatic rings. The van der Waals surface area contributed by atoms with Crippen LogP contribution in [0.2, 0.25) is 0 Å². The molecule has 27 heavy (non-hydrogen) atoms. The van der Waals surface area contributed by atoms with Gasteiger partial charge in [-0.1, -0.05) is 13.8 Å². The van der Waals surface area contributed by atoms with Gasteiger partial charge in [-0.3, -0.25) is 4.99 Å². The lowest BCUT2D eigenvalue weighted by molar-refractivity contribution is -0.0496. The summed E-state index contributed by atoms with van der Waals surface area (Å²) in [6.07, 6.45) is 1.75. The van der Waals surface area contributed by atoms with E-state index in [-0.39, 0.29) is 19.0 Å². The van der Waals surface area contributed by atoms with Crippen LogP contribution in [0.4, 0.5) is 13.2 Å². The van der Waals surface area contributed by atoms with Gasteiger partial charge in [-0.2, -0.15) is 17.5 Å². The molecule has 0 radical (unpaired) electrons. The van der Waals surface area contributed by atoms with Gasteiger partial charge in [0.2, 0.25) is 0 Å². The minimum Gasteiger partial charge on any atom is -0.380 e. The number of aliphatic imine (C=N–C) groups is 1. The summed E-state index contributed by atoms with van der Waals surface area (Å²) in [5.41, 5.74) is -5.23. The second kappa shape index (κ2) is 11.1. The maximum absolute atomic E-state index is 12.6. The minimum atomic E-state index is -5.23. The first kappa shape index (κ1) is 24.0. The summed E-state index contributed by atoms with van der Waals surface area (Å²) in [4.78, 5) is 4.09. The highest BCUT2D eigenvalue weighted by molar-refractivity contribution is 7.90. The van der Waals surface area contributed by atoms with E-state index in [1.807, 2.05) is 0 Å². The van der Waals surface area contributed by atoms with Gasteiger partial charge in [0.05, 0.1) is 6.61 Å². The van der Waals surface area contributed by atoms with Crippen LogP contribution in [0, 0.1) is 11.8 Å². The fourth-order valence-corrected chi connectivity index (χ4v) is 3.61. The quantitative estimate of drug-likeness (QED) is 0.340. The number of nitrogens with zero attached hydrogens (tertiary/aromatic N) is 2. The standard InChI is InChI=1S/C16H31F3N4O3S/c1-13(2)6-10-26-11-7-21-15(20-3)22-12-14-4-8-23(9-5-14)27(24,25)16(17,18)19/h13-14H,4-12H2,1-3H3,(H2,20,21,22). The first-order valence-electron chi connectivity index (χ1n) is 9.16. The van der Waals surface area contributed by atoms with Crippen molar-refractivity contribution in [3.63, 3.8) is 0 Å². The molecule has 0 aliphatic carbocycles. The molecule has 1 heterocycles. The van der Waals surface area contributed by atoms with E-state index in [9.17, 15) is 21.6 Å². The summed E-state index contributed by atoms with van der Waals surface area (Å²) >= 11 is 0. The van der Waals surface area contributed by atoms with E-state index in [0.29, 0.717) is 55.3 Å². The molecule has 7 nitrogen and oxygen atoms in total. The molecular formula is C16H31F3N4O3S. The van der Waals surface area contributed by atoms with Gasteiger partial charge in [-0.25, -0.2) is 8.42 Å². The molecule has 0 unspecified atom stereocenters. The van der Waals surface area contributed by atoms with Crippen molar-refractivity contribution in [3.8, 4) is 0 Å². The molecule has 0 aromatic rings. The average molecular weight is 417 g/mol. The summed E-state index contributed by atoms with van der Waals surface area (Å²) in [7, 11) is -3.59. The Morgan fingerprint density at radius 3 is 2.37 bits per heavy atom. The van der Waals surface area contributed by atoms with Gasteiger partial charge < -0.3 is 15.4 Å². The van der Waals surface area contributed by atoms with Crippen molar-refractivity contribution < 1.29 is 26.3 Å². The van der Waals surface area contributed by atoms with Crippen molar-refractivity contribution in [2.24, 2.45) is 16.8 Å². The predicted octanol–water partition coefficient (Wildman–Crippen LogP) is 1.78. The van der Waals surface area contributed by atoms with Gasteiger partial charge in [0.15, 0.2) is 5.96 Å². The van der Waals surface area contributed by atoms with E-state index in [2.05, 4.69) is 29.5 Å². The second-order valence-electron chi connectivity index (χ2n) is 6.97. The second-order valence-corrected chi connectivity index (χ2v) is 8.90. The highest BCUT2D eigenvalue weighted by Gasteiger charge is 2.50. The predicted molar refractivity (Wildman–Crippen MR) is 98.9 cm³/mol. The maximum Gasteiger partial charge on any atom is 0.511 e. The van der Waals surface area contributed by atoms with Crippen LogP contribution < -0.4 is 10.6 Å². The van der Waals surface area contributed by atoms with Crippen LogP contribution in [0.5, 0.6) is 0 Å². The van der Waals surface area contributed by atoms with Gasteiger partial charge in [0.1, 0.15) is 0 Å². The van der Waals surface area contributed by atoms with Crippen molar-refractivity contribution in [2.45, 2.75) is 38.6 Å². The number of halogens is 3. The van der Waals surface area contributed by atoms with E-state index in [1.54, 1.807) is 7.05 Å². The molecular weight excluding hydrogens is 385 g/mol. The fraction of sp³-hybridized carbons (Fsp3) is 0.938. The molecule has 0 amide bonds. The Bertz CT molecular complexity index is 560. The smallest absolute Gasteiger partial charge is 0.380 e. The highest BCUT2D eigenvalue weighted by atomic mass is 32.2. The van der Waals surface area contributed by atoms with Crippen molar-refractivity contribution in [2.75, 3.05) is 46.4 Å². The van der Waals surface area contributed by atoms with E-state index in [0.717, 1.165) is 6.42 Å². The van der Waals surface area contributed by atoms with E-state index < -0.39 is 15.5 Å². The third-order valence-electron chi connectivity index (χ3n) is 4.37. The molecule has 1 aliphatic heterocycles. The SMILES string of the molecule is CN=C(NCCOCCC(C)C)NCC1CCN(S(=O)(=O)C(F)(F)F)CC1. The van der Waals surface area contributed by atoms with Crippen LogP contribution in [0.1, 0.15) is 33.1 Å². The number of piperidine rings is 1. The highest BCUT2D eigenvalue weighted by Crippen LogP contribution is 2.30. The third kappa shape index (κ3) is 8.22. The van der Waals surface area contributed by atoms with Crippen LogP contribution in [0.25, 0.3) is 0 Å². The zero-order valence-corrected chi connectivity index (χ0v) is 17.0. The average Bonchev–Trinajstić information content (AvgIpc) is 2.59. The van der Waals surface area contributed by atoms with E-state index in [4.69, 9.17) is 4.74 Å². The molecule has 0 spiro atoms. The zero-order valence-electron chi connectivity index (χ0n) is 16.2. The Morgan fingerprint density at radius 2 is 1.85 bits per heavy atom. The first-order valence-corrected chi connectivity index (χ1v) is 10.6. The lowest BCUT2D eigenvalue weighted by atomic mass is 9.98. The number of nitrogens with one attached hydrogen (secondary N) is 2. The van der Waals surface area contributed by atoms with Crippen LogP contribution in [0.3, 0.4) is 0 Å². The number of guanidine groups is 1. The van der Waals surface area contributed by atoms with E-state index >= 15 is 0 Å². The molecule has 11 heteroatoms. The Hall–Kier alpha value is -1.07. The molecule has 0 saturated carbocycles. The Labute approximate surface area is 159 Å². The lowest BCUT2D eigenvalue weighted by Crippen LogP contribution is -2.47. The topological polar surface area (TPSA) is 83.0 Å². The number of hydrogen-bond acceptors (Lipinski definition) is 4. The van der Waals surface area contributed by atoms with Crippen LogP contribution in [-0.2, 0) is 14.8 Å². The normalized spacial score (nSPS) is 18.1. The summed E-state index contributed by atoms with van der Waals surface area (Å²) in [6, 6.07) is 0. The number of rotatable bonds is 9. The Morgan fingerprint density at radius 1 is 1.22 bits per heavy atom. The summed E-state index contributed by atoms with van der Waals surface area (Å²) in [5, 5.41) is 6.23. The summed E-state index contributed by atoms with van der Waals surface area (Å²) < 4.78 is 66.5. The number of ether oxygens (including phenoxy) is 1. The lowest BCUT2D eigenvalue weighted by Gasteiger charge is -2.31. The molecule has 2 N–H and O–H groups in total. The van der Waals surface area contributed by atoms with Gasteiger partial charge >= 0.3 is 15.5 Å². The number of alkyl halides is 3. The van der Waals surface area contributed by atoms with Crippen LogP contribution in [-0.4, -0.2) is 70.6 Å². The van der Waals surface area contributed by atoms with Gasteiger partial charge in [-0.05, 0) is 31.1 Å². The van der Waals surface area contributed by atoms with Crippen molar-refractivity contribution in [3.05, 3.63) is 0 Å². The van der Waals surface area contributed by atoms with Crippen molar-refractivity contribution in [1.82, 2.24) is 14.9 Å². The van der Waals surface area contributed by atoms with Crippen molar-refractivity contribution in [1.29, 1.82) is 0 Å². The third-order valence-corrected chi connectivity index (χ3v) is 6.00. The van der Waals surface area contributed by atoms with Crippen LogP contribution in [0.15, 0.2) is 4.99 Å². The van der Waals surface area contributed by atoms with E-state index in [1.165, 1.54) is 0 Å². The molecule has 0 aromatic carbocycles.